The summed E-state index contributed by atoms with van der Waals surface area (Å²) in [5.41, 5.74) is 7.67. The van der Waals surface area contributed by atoms with Crippen molar-refractivity contribution in [2.75, 3.05) is 32.5 Å². The topological polar surface area (TPSA) is 67.6 Å². The number of anilines is 1. The highest BCUT2D eigenvalue weighted by Gasteiger charge is 2.14. The number of benzene rings is 1. The lowest BCUT2D eigenvalue weighted by Gasteiger charge is -2.26. The molecular formula is C16H27N3O2. The van der Waals surface area contributed by atoms with Gasteiger partial charge in [0.05, 0.1) is 6.54 Å². The summed E-state index contributed by atoms with van der Waals surface area (Å²) in [4.78, 5) is 14.1. The molecule has 0 fully saturated rings. The molecule has 0 radical (unpaired) electrons. The molecule has 0 aliphatic carbocycles. The Bertz CT molecular complexity index is 435. The van der Waals surface area contributed by atoms with Gasteiger partial charge in [-0.05, 0) is 38.0 Å². The number of methoxy groups -OCH3 is 1. The highest BCUT2D eigenvalue weighted by Crippen LogP contribution is 2.11. The van der Waals surface area contributed by atoms with Crippen LogP contribution in [0.3, 0.4) is 0 Å². The second-order valence-electron chi connectivity index (χ2n) is 5.44. The minimum absolute atomic E-state index is 0.0451. The van der Waals surface area contributed by atoms with E-state index in [1.54, 1.807) is 7.11 Å². The number of hydrogen-bond acceptors (Lipinski definition) is 4. The van der Waals surface area contributed by atoms with Crippen molar-refractivity contribution in [2.45, 2.75) is 32.9 Å². The maximum absolute atomic E-state index is 12.0. The van der Waals surface area contributed by atoms with Crippen molar-refractivity contribution in [3.63, 3.8) is 0 Å². The van der Waals surface area contributed by atoms with Gasteiger partial charge >= 0.3 is 0 Å². The van der Waals surface area contributed by atoms with Crippen LogP contribution in [0, 0.1) is 0 Å². The van der Waals surface area contributed by atoms with Crippen LogP contribution in [0.15, 0.2) is 24.3 Å². The predicted octanol–water partition coefficient (Wildman–Crippen LogP) is 1.63. The van der Waals surface area contributed by atoms with Crippen LogP contribution in [0.2, 0.25) is 0 Å². The third-order valence-corrected chi connectivity index (χ3v) is 3.26. The maximum Gasteiger partial charge on any atom is 0.234 e. The lowest BCUT2D eigenvalue weighted by Crippen LogP contribution is -2.40. The van der Waals surface area contributed by atoms with Gasteiger partial charge < -0.3 is 15.8 Å². The molecule has 1 amide bonds. The summed E-state index contributed by atoms with van der Waals surface area (Å²) in [5.74, 6) is 0.0451. The van der Waals surface area contributed by atoms with Crippen molar-refractivity contribution in [1.82, 2.24) is 10.2 Å². The molecule has 0 saturated carbocycles. The number of carbonyl (C=O) groups is 1. The fraction of sp³-hybridized carbons (Fsp3) is 0.562. The summed E-state index contributed by atoms with van der Waals surface area (Å²) in [6, 6.07) is 8.07. The largest absolute Gasteiger partial charge is 0.399 e. The molecule has 0 saturated heterocycles. The molecule has 0 aromatic heterocycles. The Hall–Kier alpha value is -1.59. The molecule has 1 rings (SSSR count). The van der Waals surface area contributed by atoms with E-state index in [0.717, 1.165) is 17.7 Å². The number of amides is 1. The summed E-state index contributed by atoms with van der Waals surface area (Å²) in [5, 5.41) is 2.91. The molecule has 5 heteroatoms. The number of nitrogens with one attached hydrogen (secondary N) is 1. The SMILES string of the molecule is COCCCNC(=O)CN(Cc1cccc(N)c1)C(C)C. The number of hydrogen-bond donors (Lipinski definition) is 2. The third kappa shape index (κ3) is 7.11. The zero-order chi connectivity index (χ0) is 15.7. The zero-order valence-corrected chi connectivity index (χ0v) is 13.3. The molecule has 0 aliphatic rings. The van der Waals surface area contributed by atoms with Gasteiger partial charge in [-0.25, -0.2) is 0 Å². The molecule has 0 aliphatic heterocycles. The van der Waals surface area contributed by atoms with Crippen molar-refractivity contribution < 1.29 is 9.53 Å². The van der Waals surface area contributed by atoms with E-state index in [4.69, 9.17) is 10.5 Å². The van der Waals surface area contributed by atoms with Gasteiger partial charge in [-0.1, -0.05) is 12.1 Å². The first-order chi connectivity index (χ1) is 10.0. The predicted molar refractivity (Wildman–Crippen MR) is 85.9 cm³/mol. The highest BCUT2D eigenvalue weighted by molar-refractivity contribution is 5.78. The second kappa shape index (κ2) is 9.37. The van der Waals surface area contributed by atoms with E-state index >= 15 is 0 Å². The van der Waals surface area contributed by atoms with Crippen molar-refractivity contribution in [2.24, 2.45) is 0 Å². The number of carbonyl (C=O) groups excluding carboxylic acids is 1. The lowest BCUT2D eigenvalue weighted by atomic mass is 10.1. The van der Waals surface area contributed by atoms with E-state index in [1.165, 1.54) is 0 Å². The molecule has 0 heterocycles. The molecule has 1 aromatic rings. The monoisotopic (exact) mass is 293 g/mol. The first kappa shape index (κ1) is 17.5. The van der Waals surface area contributed by atoms with Crippen LogP contribution in [-0.2, 0) is 16.1 Å². The van der Waals surface area contributed by atoms with Crippen LogP contribution in [0.4, 0.5) is 5.69 Å². The number of nitrogens with zero attached hydrogens (tertiary/aromatic N) is 1. The molecule has 21 heavy (non-hydrogen) atoms. The molecule has 3 N–H and O–H groups in total. The third-order valence-electron chi connectivity index (χ3n) is 3.26. The molecule has 5 nitrogen and oxygen atoms in total. The maximum atomic E-state index is 12.0. The number of ether oxygens (including phenoxy) is 1. The molecule has 0 unspecified atom stereocenters. The molecule has 0 atom stereocenters. The number of rotatable bonds is 9. The second-order valence-corrected chi connectivity index (χ2v) is 5.44. The van der Waals surface area contributed by atoms with E-state index in [-0.39, 0.29) is 11.9 Å². The zero-order valence-electron chi connectivity index (χ0n) is 13.3. The summed E-state index contributed by atoms with van der Waals surface area (Å²) >= 11 is 0. The van der Waals surface area contributed by atoms with Gasteiger partial charge in [0, 0.05) is 38.5 Å². The standard InChI is InChI=1S/C16H27N3O2/c1-13(2)19(11-14-6-4-7-15(17)10-14)12-16(20)18-8-5-9-21-3/h4,6-7,10,13H,5,8-9,11-12,17H2,1-3H3,(H,18,20). The Morgan fingerprint density at radius 2 is 2.19 bits per heavy atom. The van der Waals surface area contributed by atoms with Crippen LogP contribution < -0.4 is 11.1 Å². The Labute approximate surface area is 127 Å². The van der Waals surface area contributed by atoms with Crippen molar-refractivity contribution in [3.05, 3.63) is 29.8 Å². The summed E-state index contributed by atoms with van der Waals surface area (Å²) < 4.78 is 4.96. The smallest absolute Gasteiger partial charge is 0.234 e. The fourth-order valence-electron chi connectivity index (χ4n) is 2.03. The van der Waals surface area contributed by atoms with E-state index in [9.17, 15) is 4.79 Å². The number of nitrogen functional groups attached to an aromatic ring is 1. The summed E-state index contributed by atoms with van der Waals surface area (Å²) in [6.07, 6.45) is 0.832. The lowest BCUT2D eigenvalue weighted by molar-refractivity contribution is -0.122. The van der Waals surface area contributed by atoms with Crippen LogP contribution >= 0.6 is 0 Å². The van der Waals surface area contributed by atoms with Crippen LogP contribution in [0.5, 0.6) is 0 Å². The van der Waals surface area contributed by atoms with E-state index in [1.807, 2.05) is 24.3 Å². The van der Waals surface area contributed by atoms with E-state index < -0.39 is 0 Å². The average molecular weight is 293 g/mol. The van der Waals surface area contributed by atoms with Gasteiger partial charge in [-0.2, -0.15) is 0 Å². The minimum atomic E-state index is 0.0451. The van der Waals surface area contributed by atoms with Gasteiger partial charge in [0.25, 0.3) is 0 Å². The van der Waals surface area contributed by atoms with Gasteiger partial charge in [-0.3, -0.25) is 9.69 Å². The fourth-order valence-corrected chi connectivity index (χ4v) is 2.03. The Morgan fingerprint density at radius 3 is 2.81 bits per heavy atom. The highest BCUT2D eigenvalue weighted by atomic mass is 16.5. The summed E-state index contributed by atoms with van der Waals surface area (Å²) in [7, 11) is 1.66. The molecule has 118 valence electrons. The molecule has 0 bridgehead atoms. The quantitative estimate of drug-likeness (QED) is 0.536. The van der Waals surface area contributed by atoms with Gasteiger partial charge in [0.1, 0.15) is 0 Å². The van der Waals surface area contributed by atoms with Gasteiger partial charge in [-0.15, -0.1) is 0 Å². The molecule has 1 aromatic carbocycles. The summed E-state index contributed by atoms with van der Waals surface area (Å²) in [6.45, 7) is 6.59. The minimum Gasteiger partial charge on any atom is -0.399 e. The first-order valence-electron chi connectivity index (χ1n) is 7.37. The first-order valence-corrected chi connectivity index (χ1v) is 7.37. The van der Waals surface area contributed by atoms with E-state index in [2.05, 4.69) is 24.1 Å². The van der Waals surface area contributed by atoms with Gasteiger partial charge in [0.15, 0.2) is 0 Å². The van der Waals surface area contributed by atoms with Crippen molar-refractivity contribution in [1.29, 1.82) is 0 Å². The molecule has 0 spiro atoms. The van der Waals surface area contributed by atoms with Crippen LogP contribution in [-0.4, -0.2) is 43.7 Å². The van der Waals surface area contributed by atoms with Crippen LogP contribution in [0.1, 0.15) is 25.8 Å². The Kier molecular flexibility index (Phi) is 7.79. The number of nitrogens with two attached hydrogens (primary N) is 1. The van der Waals surface area contributed by atoms with Crippen molar-refractivity contribution >= 4 is 11.6 Å². The Morgan fingerprint density at radius 1 is 1.43 bits per heavy atom. The Balaban J connectivity index is 2.48. The average Bonchev–Trinajstić information content (AvgIpc) is 2.43. The van der Waals surface area contributed by atoms with Gasteiger partial charge in [0.2, 0.25) is 5.91 Å². The van der Waals surface area contributed by atoms with Crippen molar-refractivity contribution in [3.8, 4) is 0 Å². The molecular weight excluding hydrogens is 266 g/mol. The van der Waals surface area contributed by atoms with E-state index in [0.29, 0.717) is 26.2 Å². The normalized spacial score (nSPS) is 11.1. The van der Waals surface area contributed by atoms with Crippen LogP contribution in [0.25, 0.3) is 0 Å².